The van der Waals surface area contributed by atoms with E-state index >= 15 is 0 Å². The molecule has 0 bridgehead atoms. The first kappa shape index (κ1) is 11.4. The Kier molecular flexibility index (Phi) is 5.61. The van der Waals surface area contributed by atoms with Gasteiger partial charge >= 0.3 is 0 Å². The van der Waals surface area contributed by atoms with Gasteiger partial charge in [-0.2, -0.15) is 0 Å². The van der Waals surface area contributed by atoms with Gasteiger partial charge in [-0.05, 0) is 12.2 Å². The van der Waals surface area contributed by atoms with Gasteiger partial charge in [-0.25, -0.2) is 0 Å². The van der Waals surface area contributed by atoms with Gasteiger partial charge in [-0.15, -0.1) is 12.1 Å². The molecule has 0 fully saturated rings. The standard InChI is InChI=1S/C9H9O2.Re/c1-2-8-3-5-9(6-4-8)11-7-10;/h3-6H,2H2,1H3;/q-1;. The third kappa shape index (κ3) is 3.17. The number of hydrogen-bond acceptors (Lipinski definition) is 2. The predicted octanol–water partition coefficient (Wildman–Crippen LogP) is 1.69. The minimum Gasteiger partial charge on any atom is -0.610 e. The Hall–Kier alpha value is -0.648. The van der Waals surface area contributed by atoms with Crippen molar-refractivity contribution in [1.29, 1.82) is 0 Å². The van der Waals surface area contributed by atoms with Crippen molar-refractivity contribution in [2.24, 2.45) is 0 Å². The molecule has 12 heavy (non-hydrogen) atoms. The number of benzene rings is 1. The number of ether oxygens (including phenoxy) is 1. The summed E-state index contributed by atoms with van der Waals surface area (Å²) < 4.78 is 4.50. The molecule has 0 N–H and O–H groups in total. The summed E-state index contributed by atoms with van der Waals surface area (Å²) in [5.74, 6) is 0.539. The predicted molar refractivity (Wildman–Crippen MR) is 42.1 cm³/mol. The summed E-state index contributed by atoms with van der Waals surface area (Å²) in [5, 5.41) is 0. The zero-order valence-corrected chi connectivity index (χ0v) is 9.43. The normalized spacial score (nSPS) is 8.42. The van der Waals surface area contributed by atoms with Crippen molar-refractivity contribution in [2.45, 2.75) is 13.3 Å². The van der Waals surface area contributed by atoms with Gasteiger partial charge in [0.05, 0.1) is 0 Å². The van der Waals surface area contributed by atoms with Gasteiger partial charge < -0.3 is 9.53 Å². The van der Waals surface area contributed by atoms with Gasteiger partial charge in [0.2, 0.25) is 0 Å². The van der Waals surface area contributed by atoms with E-state index in [9.17, 15) is 4.79 Å². The van der Waals surface area contributed by atoms with Crippen LogP contribution in [0.3, 0.4) is 0 Å². The van der Waals surface area contributed by atoms with Crippen molar-refractivity contribution in [3.05, 3.63) is 29.8 Å². The second-order valence-corrected chi connectivity index (χ2v) is 2.18. The van der Waals surface area contributed by atoms with E-state index in [4.69, 9.17) is 0 Å². The maximum absolute atomic E-state index is 9.78. The fourth-order valence-corrected chi connectivity index (χ4v) is 0.841. The summed E-state index contributed by atoms with van der Waals surface area (Å²) in [6.45, 7) is 3.44. The summed E-state index contributed by atoms with van der Waals surface area (Å²) in [4.78, 5) is 9.78. The second-order valence-electron chi connectivity index (χ2n) is 2.18. The van der Waals surface area contributed by atoms with E-state index in [0.29, 0.717) is 5.75 Å². The molecule has 0 saturated heterocycles. The van der Waals surface area contributed by atoms with E-state index in [-0.39, 0.29) is 20.4 Å². The van der Waals surface area contributed by atoms with Crippen molar-refractivity contribution in [1.82, 2.24) is 0 Å². The van der Waals surface area contributed by atoms with Gasteiger partial charge in [0.1, 0.15) is 0 Å². The summed E-state index contributed by atoms with van der Waals surface area (Å²) >= 11 is 0. The van der Waals surface area contributed by atoms with Crippen LogP contribution in [-0.4, -0.2) is 6.47 Å². The largest absolute Gasteiger partial charge is 0.610 e. The van der Waals surface area contributed by atoms with E-state index in [1.165, 1.54) is 12.0 Å². The minimum atomic E-state index is 0. The topological polar surface area (TPSA) is 26.3 Å². The van der Waals surface area contributed by atoms with E-state index in [1.54, 1.807) is 12.1 Å². The Morgan fingerprint density at radius 3 is 2.33 bits per heavy atom. The van der Waals surface area contributed by atoms with Crippen LogP contribution in [-0.2, 0) is 31.6 Å². The average molecular weight is 335 g/mol. The first-order valence-corrected chi connectivity index (χ1v) is 3.49. The molecule has 1 aromatic carbocycles. The van der Waals surface area contributed by atoms with Crippen LogP contribution < -0.4 is 4.74 Å². The SMILES string of the molecule is CCc1ccc(O[C-]=O)cc1.[Re]. The third-order valence-electron chi connectivity index (χ3n) is 1.49. The van der Waals surface area contributed by atoms with Crippen LogP contribution in [0.2, 0.25) is 0 Å². The maximum atomic E-state index is 9.78. The molecule has 0 heterocycles. The third-order valence-corrected chi connectivity index (χ3v) is 1.49. The van der Waals surface area contributed by atoms with Crippen molar-refractivity contribution >= 4 is 6.47 Å². The molecule has 1 aromatic rings. The Labute approximate surface area is 85.6 Å². The molecule has 2 nitrogen and oxygen atoms in total. The molecule has 0 spiro atoms. The van der Waals surface area contributed by atoms with Crippen LogP contribution >= 0.6 is 0 Å². The van der Waals surface area contributed by atoms with Crippen molar-refractivity contribution < 1.29 is 30.0 Å². The van der Waals surface area contributed by atoms with Crippen LogP contribution in [0.25, 0.3) is 0 Å². The Balaban J connectivity index is 0.00000121. The zero-order chi connectivity index (χ0) is 8.10. The molecule has 0 aliphatic carbocycles. The maximum Gasteiger partial charge on any atom is 0.170 e. The van der Waals surface area contributed by atoms with E-state index in [1.807, 2.05) is 12.1 Å². The fourth-order valence-electron chi connectivity index (χ4n) is 0.841. The Morgan fingerprint density at radius 2 is 1.92 bits per heavy atom. The summed E-state index contributed by atoms with van der Waals surface area (Å²) in [6, 6.07) is 7.35. The molecule has 0 saturated carbocycles. The molecule has 0 aliphatic rings. The summed E-state index contributed by atoms with van der Waals surface area (Å²) in [7, 11) is 0. The molecule has 1 radical (unpaired) electrons. The summed E-state index contributed by atoms with van der Waals surface area (Å²) in [5.41, 5.74) is 1.23. The van der Waals surface area contributed by atoms with Gasteiger partial charge in [-0.3, -0.25) is 0 Å². The average Bonchev–Trinajstić information content (AvgIpc) is 2.07. The van der Waals surface area contributed by atoms with Crippen LogP contribution in [0.1, 0.15) is 12.5 Å². The zero-order valence-electron chi connectivity index (χ0n) is 6.71. The van der Waals surface area contributed by atoms with Gasteiger partial charge in [0.25, 0.3) is 0 Å². The second kappa shape index (κ2) is 5.93. The number of rotatable bonds is 3. The van der Waals surface area contributed by atoms with E-state index < -0.39 is 0 Å². The Morgan fingerprint density at radius 1 is 1.33 bits per heavy atom. The van der Waals surface area contributed by atoms with E-state index in [2.05, 4.69) is 11.7 Å². The van der Waals surface area contributed by atoms with Crippen molar-refractivity contribution in [3.8, 4) is 5.75 Å². The Bertz CT molecular complexity index is 231. The quantitative estimate of drug-likeness (QED) is 0.786. The van der Waals surface area contributed by atoms with Crippen molar-refractivity contribution in [3.63, 3.8) is 0 Å². The van der Waals surface area contributed by atoms with Crippen LogP contribution in [0.5, 0.6) is 5.75 Å². The smallest absolute Gasteiger partial charge is 0.170 e. The molecule has 0 unspecified atom stereocenters. The molecule has 3 heteroatoms. The molecule has 0 amide bonds. The van der Waals surface area contributed by atoms with Crippen LogP contribution in [0, 0.1) is 0 Å². The number of aryl methyl sites for hydroxylation is 1. The first-order valence-electron chi connectivity index (χ1n) is 3.49. The van der Waals surface area contributed by atoms with Gasteiger partial charge in [0, 0.05) is 20.4 Å². The van der Waals surface area contributed by atoms with Gasteiger partial charge in [-0.1, -0.05) is 24.6 Å². The summed E-state index contributed by atoms with van der Waals surface area (Å²) in [6.07, 6.45) is 0.991. The van der Waals surface area contributed by atoms with Crippen LogP contribution in [0.15, 0.2) is 24.3 Å². The van der Waals surface area contributed by atoms with Crippen molar-refractivity contribution in [2.75, 3.05) is 0 Å². The molecule has 0 aliphatic heterocycles. The minimum absolute atomic E-state index is 0. The fraction of sp³-hybridized carbons (Fsp3) is 0.222. The monoisotopic (exact) mass is 336 g/mol. The molecular weight excluding hydrogens is 326 g/mol. The molecule has 65 valence electrons. The molecule has 0 atom stereocenters. The van der Waals surface area contributed by atoms with Crippen LogP contribution in [0.4, 0.5) is 0 Å². The first-order chi connectivity index (χ1) is 5.36. The van der Waals surface area contributed by atoms with E-state index in [0.717, 1.165) is 6.42 Å². The van der Waals surface area contributed by atoms with Gasteiger partial charge in [0.15, 0.2) is 6.47 Å². The molecule has 0 aromatic heterocycles. The number of hydrogen-bond donors (Lipinski definition) is 0. The number of carbonyl (C=O) groups excluding carboxylic acids is 1. The molecule has 1 rings (SSSR count). The molecular formula is C9H9O2Re-.